The van der Waals surface area contributed by atoms with Crippen LogP contribution in [0.1, 0.15) is 26.7 Å². The second kappa shape index (κ2) is 8.47. The molecule has 3 N–H and O–H groups in total. The zero-order valence-electron chi connectivity index (χ0n) is 12.2. The lowest BCUT2D eigenvalue weighted by Gasteiger charge is -2.18. The Kier molecular flexibility index (Phi) is 7.30. The maximum atomic E-state index is 11.8. The second-order valence-corrected chi connectivity index (χ2v) is 8.10. The van der Waals surface area contributed by atoms with Gasteiger partial charge in [0.2, 0.25) is 15.9 Å². The van der Waals surface area contributed by atoms with Crippen LogP contribution >= 0.6 is 11.3 Å². The summed E-state index contributed by atoms with van der Waals surface area (Å²) in [5, 5.41) is 13.6. The average molecular weight is 334 g/mol. The van der Waals surface area contributed by atoms with E-state index in [-0.39, 0.29) is 35.7 Å². The van der Waals surface area contributed by atoms with Crippen molar-refractivity contribution in [3.05, 3.63) is 17.5 Å². The minimum Gasteiger partial charge on any atom is -0.394 e. The van der Waals surface area contributed by atoms with Gasteiger partial charge >= 0.3 is 0 Å². The van der Waals surface area contributed by atoms with E-state index in [0.717, 1.165) is 11.3 Å². The number of amides is 1. The van der Waals surface area contributed by atoms with Crippen molar-refractivity contribution in [2.75, 3.05) is 13.2 Å². The van der Waals surface area contributed by atoms with Crippen LogP contribution in [0.5, 0.6) is 0 Å². The first-order valence-corrected chi connectivity index (χ1v) is 9.15. The standard InChI is InChI=1S/C13H22N2O4S2/c1-10(2)8-11(9-16)15-12(17)5-6-14-21(18,19)13-4-3-7-20-13/h3-4,7,10-11,14,16H,5-6,8-9H2,1-2H3,(H,15,17). The fraction of sp³-hybridized carbons (Fsp3) is 0.615. The van der Waals surface area contributed by atoms with Crippen molar-refractivity contribution < 1.29 is 18.3 Å². The number of aliphatic hydroxyl groups is 1. The smallest absolute Gasteiger partial charge is 0.250 e. The number of sulfonamides is 1. The minimum atomic E-state index is -3.53. The zero-order chi connectivity index (χ0) is 15.9. The molecule has 1 atom stereocenters. The summed E-state index contributed by atoms with van der Waals surface area (Å²) >= 11 is 1.13. The number of aliphatic hydroxyl groups excluding tert-OH is 1. The molecule has 1 unspecified atom stereocenters. The fourth-order valence-corrected chi connectivity index (χ4v) is 3.90. The molecular weight excluding hydrogens is 312 g/mol. The first-order valence-electron chi connectivity index (χ1n) is 6.78. The van der Waals surface area contributed by atoms with Crippen molar-refractivity contribution in [3.8, 4) is 0 Å². The molecule has 0 aliphatic carbocycles. The molecule has 0 spiro atoms. The van der Waals surface area contributed by atoms with Gasteiger partial charge in [-0.1, -0.05) is 19.9 Å². The molecule has 8 heteroatoms. The Balaban J connectivity index is 2.37. The topological polar surface area (TPSA) is 95.5 Å². The predicted octanol–water partition coefficient (Wildman–Crippen LogP) is 0.940. The Morgan fingerprint density at radius 2 is 2.14 bits per heavy atom. The Morgan fingerprint density at radius 1 is 1.43 bits per heavy atom. The van der Waals surface area contributed by atoms with Crippen molar-refractivity contribution in [1.29, 1.82) is 0 Å². The minimum absolute atomic E-state index is 0.0336. The highest BCUT2D eigenvalue weighted by atomic mass is 32.2. The van der Waals surface area contributed by atoms with E-state index < -0.39 is 10.0 Å². The van der Waals surface area contributed by atoms with Crippen LogP contribution in [0, 0.1) is 5.92 Å². The van der Waals surface area contributed by atoms with E-state index in [1.807, 2.05) is 13.8 Å². The summed E-state index contributed by atoms with van der Waals surface area (Å²) < 4.78 is 26.3. The quantitative estimate of drug-likeness (QED) is 0.626. The molecule has 0 aliphatic rings. The lowest BCUT2D eigenvalue weighted by molar-refractivity contribution is -0.122. The highest BCUT2D eigenvalue weighted by molar-refractivity contribution is 7.91. The number of thiophene rings is 1. The van der Waals surface area contributed by atoms with Gasteiger partial charge < -0.3 is 10.4 Å². The van der Waals surface area contributed by atoms with Crippen molar-refractivity contribution in [1.82, 2.24) is 10.0 Å². The fourth-order valence-electron chi connectivity index (χ4n) is 1.83. The Labute approximate surface area is 129 Å². The van der Waals surface area contributed by atoms with Crippen LogP contribution < -0.4 is 10.0 Å². The maximum Gasteiger partial charge on any atom is 0.250 e. The van der Waals surface area contributed by atoms with Crippen molar-refractivity contribution in [3.63, 3.8) is 0 Å². The van der Waals surface area contributed by atoms with Gasteiger partial charge in [0.25, 0.3) is 0 Å². The van der Waals surface area contributed by atoms with Crippen LogP contribution in [-0.4, -0.2) is 38.6 Å². The van der Waals surface area contributed by atoms with Crippen molar-refractivity contribution in [2.24, 2.45) is 5.92 Å². The van der Waals surface area contributed by atoms with Crippen LogP contribution in [0.4, 0.5) is 0 Å². The van der Waals surface area contributed by atoms with Gasteiger partial charge in [-0.05, 0) is 23.8 Å². The number of carbonyl (C=O) groups is 1. The number of rotatable bonds is 9. The van der Waals surface area contributed by atoms with Crippen molar-refractivity contribution in [2.45, 2.75) is 36.9 Å². The second-order valence-electron chi connectivity index (χ2n) is 5.16. The van der Waals surface area contributed by atoms with Gasteiger partial charge in [-0.3, -0.25) is 4.79 Å². The SMILES string of the molecule is CC(C)CC(CO)NC(=O)CCNS(=O)(=O)c1cccs1. The molecule has 21 heavy (non-hydrogen) atoms. The third kappa shape index (κ3) is 6.56. The average Bonchev–Trinajstić information content (AvgIpc) is 2.91. The Bertz CT molecular complexity index is 526. The van der Waals surface area contributed by atoms with E-state index in [4.69, 9.17) is 0 Å². The molecule has 1 heterocycles. The number of nitrogens with one attached hydrogen (secondary N) is 2. The van der Waals surface area contributed by atoms with E-state index in [1.165, 1.54) is 6.07 Å². The molecule has 1 aromatic heterocycles. The van der Waals surface area contributed by atoms with Crippen LogP contribution in [0.15, 0.2) is 21.7 Å². The monoisotopic (exact) mass is 334 g/mol. The Morgan fingerprint density at radius 3 is 2.67 bits per heavy atom. The molecule has 6 nitrogen and oxygen atoms in total. The largest absolute Gasteiger partial charge is 0.394 e. The summed E-state index contributed by atoms with van der Waals surface area (Å²) in [6.45, 7) is 3.92. The zero-order valence-corrected chi connectivity index (χ0v) is 13.8. The van der Waals surface area contributed by atoms with Gasteiger partial charge in [0.05, 0.1) is 12.6 Å². The molecule has 0 saturated carbocycles. The van der Waals surface area contributed by atoms with Gasteiger partial charge in [0, 0.05) is 13.0 Å². The van der Waals surface area contributed by atoms with Gasteiger partial charge in [0.1, 0.15) is 4.21 Å². The van der Waals surface area contributed by atoms with Gasteiger partial charge in [-0.2, -0.15) is 0 Å². The summed E-state index contributed by atoms with van der Waals surface area (Å²) in [6, 6.07) is 2.88. The van der Waals surface area contributed by atoms with Crippen LogP contribution in [0.3, 0.4) is 0 Å². The molecular formula is C13H22N2O4S2. The summed E-state index contributed by atoms with van der Waals surface area (Å²) in [5.41, 5.74) is 0. The van der Waals surface area contributed by atoms with Crippen LogP contribution in [0.25, 0.3) is 0 Å². The molecule has 1 rings (SSSR count). The Hall–Kier alpha value is -0.960. The van der Waals surface area contributed by atoms with E-state index in [9.17, 15) is 18.3 Å². The van der Waals surface area contributed by atoms with Gasteiger partial charge in [-0.25, -0.2) is 13.1 Å². The lowest BCUT2D eigenvalue weighted by atomic mass is 10.0. The molecule has 0 bridgehead atoms. The highest BCUT2D eigenvalue weighted by Gasteiger charge is 2.16. The van der Waals surface area contributed by atoms with E-state index >= 15 is 0 Å². The first kappa shape index (κ1) is 18.1. The van der Waals surface area contributed by atoms with Crippen molar-refractivity contribution >= 4 is 27.3 Å². The summed E-state index contributed by atoms with van der Waals surface area (Å²) in [4.78, 5) is 11.7. The molecule has 0 aromatic carbocycles. The summed E-state index contributed by atoms with van der Waals surface area (Å²) in [5.74, 6) is 0.0864. The highest BCUT2D eigenvalue weighted by Crippen LogP contribution is 2.14. The molecule has 0 radical (unpaired) electrons. The number of carbonyl (C=O) groups excluding carboxylic acids is 1. The number of hydrogen-bond donors (Lipinski definition) is 3. The maximum absolute atomic E-state index is 11.8. The molecule has 1 amide bonds. The van der Waals surface area contributed by atoms with Crippen LogP contribution in [-0.2, 0) is 14.8 Å². The summed E-state index contributed by atoms with van der Waals surface area (Å²) in [7, 11) is -3.53. The third-order valence-electron chi connectivity index (χ3n) is 2.75. The first-order chi connectivity index (χ1) is 9.85. The summed E-state index contributed by atoms with van der Waals surface area (Å²) in [6.07, 6.45) is 0.725. The normalized spacial score (nSPS) is 13.3. The molecule has 120 valence electrons. The number of hydrogen-bond acceptors (Lipinski definition) is 5. The van der Waals surface area contributed by atoms with Gasteiger partial charge in [0.15, 0.2) is 0 Å². The van der Waals surface area contributed by atoms with Gasteiger partial charge in [-0.15, -0.1) is 11.3 Å². The predicted molar refractivity (Wildman–Crippen MR) is 82.6 cm³/mol. The van der Waals surface area contributed by atoms with E-state index in [1.54, 1.807) is 11.4 Å². The van der Waals surface area contributed by atoms with E-state index in [2.05, 4.69) is 10.0 Å². The van der Waals surface area contributed by atoms with Crippen LogP contribution in [0.2, 0.25) is 0 Å². The lowest BCUT2D eigenvalue weighted by Crippen LogP contribution is -2.39. The molecule has 0 aliphatic heterocycles. The molecule has 0 saturated heterocycles. The van der Waals surface area contributed by atoms with E-state index in [0.29, 0.717) is 12.3 Å². The third-order valence-corrected chi connectivity index (χ3v) is 5.60. The molecule has 0 fully saturated rings. The molecule has 1 aromatic rings.